The van der Waals surface area contributed by atoms with Crippen molar-refractivity contribution in [3.8, 4) is 0 Å². The average molecular weight is 295 g/mol. The summed E-state index contributed by atoms with van der Waals surface area (Å²) in [5, 5.41) is 3.59. The summed E-state index contributed by atoms with van der Waals surface area (Å²) < 4.78 is 5.88. The molecule has 1 saturated carbocycles. The van der Waals surface area contributed by atoms with Crippen LogP contribution in [0, 0.1) is 5.92 Å². The van der Waals surface area contributed by atoms with Gasteiger partial charge in [-0.15, -0.1) is 0 Å². The predicted octanol–water partition coefficient (Wildman–Crippen LogP) is 1.04. The molecule has 2 saturated heterocycles. The molecular weight excluding hydrogens is 266 g/mol. The Kier molecular flexibility index (Phi) is 4.82. The zero-order valence-corrected chi connectivity index (χ0v) is 13.4. The summed E-state index contributed by atoms with van der Waals surface area (Å²) in [5.74, 6) is 0.915. The van der Waals surface area contributed by atoms with E-state index in [1.54, 1.807) is 0 Å². The first-order valence-corrected chi connectivity index (χ1v) is 8.55. The Labute approximate surface area is 128 Å². The number of nitrogens with one attached hydrogen (secondary N) is 1. The van der Waals surface area contributed by atoms with Crippen LogP contribution in [0.4, 0.5) is 0 Å². The van der Waals surface area contributed by atoms with Crippen LogP contribution in [-0.2, 0) is 9.53 Å². The normalized spacial score (nSPS) is 35.8. The molecule has 0 spiro atoms. The van der Waals surface area contributed by atoms with Crippen LogP contribution in [0.3, 0.4) is 0 Å². The molecule has 2 heterocycles. The molecule has 1 aliphatic carbocycles. The molecule has 3 aliphatic rings. The van der Waals surface area contributed by atoms with Crippen molar-refractivity contribution >= 4 is 5.91 Å². The number of carbonyl (C=O) groups is 1. The first-order chi connectivity index (χ1) is 10.2. The summed E-state index contributed by atoms with van der Waals surface area (Å²) in [6.45, 7) is 5.54. The number of ether oxygens (including phenoxy) is 1. The molecule has 120 valence electrons. The number of hydrogen-bond acceptors (Lipinski definition) is 4. The zero-order chi connectivity index (χ0) is 14.8. The highest BCUT2D eigenvalue weighted by molar-refractivity contribution is 5.84. The molecule has 3 unspecified atom stereocenters. The number of hydrogen-bond donors (Lipinski definition) is 1. The molecule has 3 atom stereocenters. The van der Waals surface area contributed by atoms with Gasteiger partial charge in [-0.2, -0.15) is 0 Å². The molecule has 5 nitrogen and oxygen atoms in total. The second-order valence-corrected chi connectivity index (χ2v) is 6.86. The van der Waals surface area contributed by atoms with Gasteiger partial charge in [0, 0.05) is 19.6 Å². The average Bonchev–Trinajstić information content (AvgIpc) is 3.09. The van der Waals surface area contributed by atoms with E-state index < -0.39 is 0 Å². The van der Waals surface area contributed by atoms with Crippen LogP contribution >= 0.6 is 0 Å². The predicted molar refractivity (Wildman–Crippen MR) is 81.9 cm³/mol. The van der Waals surface area contributed by atoms with E-state index in [0.29, 0.717) is 5.92 Å². The lowest BCUT2D eigenvalue weighted by Gasteiger charge is -2.36. The molecule has 0 radical (unpaired) electrons. The van der Waals surface area contributed by atoms with E-state index in [-0.39, 0.29) is 24.2 Å². The highest BCUT2D eigenvalue weighted by atomic mass is 16.5. The minimum atomic E-state index is 0.0110. The minimum absolute atomic E-state index is 0.0110. The van der Waals surface area contributed by atoms with E-state index >= 15 is 0 Å². The van der Waals surface area contributed by atoms with Gasteiger partial charge in [0.05, 0.1) is 24.9 Å². The SMILES string of the molecule is CCC1NC(C2CCCC2)N(CC2CN(C)CCO2)C1=O. The molecule has 0 aromatic heterocycles. The summed E-state index contributed by atoms with van der Waals surface area (Å²) in [6.07, 6.45) is 6.40. The number of morpholine rings is 1. The van der Waals surface area contributed by atoms with Crippen LogP contribution in [-0.4, -0.2) is 67.3 Å². The summed E-state index contributed by atoms with van der Waals surface area (Å²) in [6, 6.07) is 0.0110. The lowest BCUT2D eigenvalue weighted by Crippen LogP contribution is -2.50. The van der Waals surface area contributed by atoms with Crippen LogP contribution in [0.1, 0.15) is 39.0 Å². The van der Waals surface area contributed by atoms with Gasteiger partial charge >= 0.3 is 0 Å². The van der Waals surface area contributed by atoms with Crippen molar-refractivity contribution in [1.82, 2.24) is 15.1 Å². The summed E-state index contributed by atoms with van der Waals surface area (Å²) in [4.78, 5) is 17.0. The highest BCUT2D eigenvalue weighted by Crippen LogP contribution is 2.32. The van der Waals surface area contributed by atoms with Crippen molar-refractivity contribution < 1.29 is 9.53 Å². The van der Waals surface area contributed by atoms with Crippen LogP contribution in [0.2, 0.25) is 0 Å². The molecule has 3 fully saturated rings. The molecule has 0 aromatic carbocycles. The van der Waals surface area contributed by atoms with Crippen molar-refractivity contribution in [2.45, 2.75) is 57.3 Å². The van der Waals surface area contributed by atoms with Gasteiger partial charge in [-0.3, -0.25) is 10.1 Å². The summed E-state index contributed by atoms with van der Waals surface area (Å²) >= 11 is 0. The third-order valence-corrected chi connectivity index (χ3v) is 5.29. The van der Waals surface area contributed by atoms with Gasteiger partial charge in [0.2, 0.25) is 5.91 Å². The summed E-state index contributed by atoms with van der Waals surface area (Å²) in [5.41, 5.74) is 0. The van der Waals surface area contributed by atoms with E-state index in [1.807, 2.05) is 0 Å². The van der Waals surface area contributed by atoms with Crippen molar-refractivity contribution in [3.05, 3.63) is 0 Å². The van der Waals surface area contributed by atoms with E-state index in [0.717, 1.165) is 32.7 Å². The fourth-order valence-corrected chi connectivity index (χ4v) is 4.06. The number of amides is 1. The quantitative estimate of drug-likeness (QED) is 0.842. The molecule has 1 amide bonds. The van der Waals surface area contributed by atoms with E-state index in [2.05, 4.69) is 29.1 Å². The maximum absolute atomic E-state index is 12.7. The third-order valence-electron chi connectivity index (χ3n) is 5.29. The Morgan fingerprint density at radius 1 is 1.33 bits per heavy atom. The van der Waals surface area contributed by atoms with Gasteiger partial charge in [0.1, 0.15) is 0 Å². The maximum Gasteiger partial charge on any atom is 0.241 e. The van der Waals surface area contributed by atoms with Crippen LogP contribution in [0.15, 0.2) is 0 Å². The fourth-order valence-electron chi connectivity index (χ4n) is 4.06. The number of carbonyl (C=O) groups excluding carboxylic acids is 1. The monoisotopic (exact) mass is 295 g/mol. The Morgan fingerprint density at radius 2 is 2.10 bits per heavy atom. The van der Waals surface area contributed by atoms with Crippen LogP contribution < -0.4 is 5.32 Å². The standard InChI is InChI=1S/C16H29N3O2/c1-3-14-16(20)19(11-13-10-18(2)8-9-21-13)15(17-14)12-6-4-5-7-12/h12-15,17H,3-11H2,1-2H3. The number of likely N-dealkylation sites (N-methyl/N-ethyl adjacent to an activating group) is 1. The molecule has 2 aliphatic heterocycles. The Morgan fingerprint density at radius 3 is 2.76 bits per heavy atom. The molecule has 21 heavy (non-hydrogen) atoms. The van der Waals surface area contributed by atoms with E-state index in [1.165, 1.54) is 25.7 Å². The molecule has 0 aromatic rings. The molecule has 0 bridgehead atoms. The Balaban J connectivity index is 1.67. The van der Waals surface area contributed by atoms with Gasteiger partial charge in [-0.05, 0) is 32.2 Å². The summed E-state index contributed by atoms with van der Waals surface area (Å²) in [7, 11) is 2.13. The maximum atomic E-state index is 12.7. The molecular formula is C16H29N3O2. The first kappa shape index (κ1) is 15.3. The highest BCUT2D eigenvalue weighted by Gasteiger charge is 2.43. The Bertz CT molecular complexity index is 371. The fraction of sp³-hybridized carbons (Fsp3) is 0.938. The smallest absolute Gasteiger partial charge is 0.241 e. The van der Waals surface area contributed by atoms with Crippen molar-refractivity contribution in [2.24, 2.45) is 5.92 Å². The van der Waals surface area contributed by atoms with Gasteiger partial charge in [-0.25, -0.2) is 0 Å². The van der Waals surface area contributed by atoms with Crippen molar-refractivity contribution in [2.75, 3.05) is 33.3 Å². The second kappa shape index (κ2) is 6.63. The van der Waals surface area contributed by atoms with Crippen LogP contribution in [0.25, 0.3) is 0 Å². The van der Waals surface area contributed by atoms with E-state index in [4.69, 9.17) is 4.74 Å². The number of nitrogens with zero attached hydrogens (tertiary/aromatic N) is 2. The minimum Gasteiger partial charge on any atom is -0.374 e. The third kappa shape index (κ3) is 3.25. The molecule has 3 rings (SSSR count). The van der Waals surface area contributed by atoms with Gasteiger partial charge < -0.3 is 14.5 Å². The van der Waals surface area contributed by atoms with Gasteiger partial charge in [0.25, 0.3) is 0 Å². The lowest BCUT2D eigenvalue weighted by atomic mass is 10.0. The first-order valence-electron chi connectivity index (χ1n) is 8.55. The van der Waals surface area contributed by atoms with Crippen LogP contribution in [0.5, 0.6) is 0 Å². The molecule has 1 N–H and O–H groups in total. The number of rotatable bonds is 4. The zero-order valence-electron chi connectivity index (χ0n) is 13.4. The molecule has 5 heteroatoms. The van der Waals surface area contributed by atoms with Crippen molar-refractivity contribution in [1.29, 1.82) is 0 Å². The lowest BCUT2D eigenvalue weighted by molar-refractivity contribution is -0.134. The van der Waals surface area contributed by atoms with Gasteiger partial charge in [-0.1, -0.05) is 19.8 Å². The van der Waals surface area contributed by atoms with E-state index in [9.17, 15) is 4.79 Å². The topological polar surface area (TPSA) is 44.8 Å². The van der Waals surface area contributed by atoms with Crippen molar-refractivity contribution in [3.63, 3.8) is 0 Å². The van der Waals surface area contributed by atoms with Gasteiger partial charge in [0.15, 0.2) is 0 Å². The Hall–Kier alpha value is -0.650. The largest absolute Gasteiger partial charge is 0.374 e. The second-order valence-electron chi connectivity index (χ2n) is 6.86.